The van der Waals surface area contributed by atoms with Crippen molar-refractivity contribution in [3.63, 3.8) is 0 Å². The first-order chi connectivity index (χ1) is 9.36. The first-order valence-corrected chi connectivity index (χ1v) is 7.31. The van der Waals surface area contributed by atoms with Gasteiger partial charge in [0, 0.05) is 7.05 Å². The lowest BCUT2D eigenvalue weighted by Crippen LogP contribution is -2.41. The minimum atomic E-state index is -0.272. The van der Waals surface area contributed by atoms with Crippen LogP contribution in [0.3, 0.4) is 0 Å². The van der Waals surface area contributed by atoms with Crippen molar-refractivity contribution in [2.45, 2.75) is 26.8 Å². The number of aromatic nitrogens is 2. The number of nitrogens with one attached hydrogen (secondary N) is 1. The summed E-state index contributed by atoms with van der Waals surface area (Å²) in [4.78, 5) is 13.7. The van der Waals surface area contributed by atoms with E-state index < -0.39 is 0 Å². The number of rotatable bonds is 4. The molecule has 2 rings (SSSR count). The van der Waals surface area contributed by atoms with Gasteiger partial charge < -0.3 is 16.2 Å². The number of aliphatic hydroxyl groups excluding tert-OH is 1. The van der Waals surface area contributed by atoms with E-state index in [0.717, 1.165) is 15.9 Å². The van der Waals surface area contributed by atoms with E-state index in [2.05, 4.69) is 10.4 Å². The van der Waals surface area contributed by atoms with Gasteiger partial charge in [0.05, 0.1) is 29.4 Å². The van der Waals surface area contributed by atoms with Crippen LogP contribution in [-0.4, -0.2) is 33.4 Å². The molecule has 1 atom stereocenters. The van der Waals surface area contributed by atoms with Gasteiger partial charge in [-0.05, 0) is 12.8 Å². The molecule has 0 saturated carbocycles. The summed E-state index contributed by atoms with van der Waals surface area (Å²) in [5.41, 5.74) is 7.36. The van der Waals surface area contributed by atoms with Crippen LogP contribution in [0.25, 0.3) is 10.2 Å². The summed E-state index contributed by atoms with van der Waals surface area (Å²) in [5, 5.41) is 17.3. The standard InChI is InChI=1S/C13H20N4O2S/c1-6(2)8(5-18)15-12(19)11-10(14)9-7(3)16-17(4)13(9)20-11/h6,8,18H,5,14H2,1-4H3,(H,15,19). The maximum Gasteiger partial charge on any atom is 0.263 e. The number of aryl methyl sites for hydroxylation is 2. The monoisotopic (exact) mass is 296 g/mol. The van der Waals surface area contributed by atoms with Crippen LogP contribution in [-0.2, 0) is 7.05 Å². The molecule has 0 aromatic carbocycles. The van der Waals surface area contributed by atoms with Crippen LogP contribution in [0.15, 0.2) is 0 Å². The molecule has 1 unspecified atom stereocenters. The van der Waals surface area contributed by atoms with Crippen molar-refractivity contribution in [3.05, 3.63) is 10.6 Å². The number of thiophene rings is 1. The highest BCUT2D eigenvalue weighted by Crippen LogP contribution is 2.35. The van der Waals surface area contributed by atoms with E-state index in [9.17, 15) is 9.90 Å². The molecule has 2 aromatic rings. The summed E-state index contributed by atoms with van der Waals surface area (Å²) >= 11 is 1.33. The molecule has 0 fully saturated rings. The predicted molar refractivity (Wildman–Crippen MR) is 80.9 cm³/mol. The highest BCUT2D eigenvalue weighted by Gasteiger charge is 2.23. The van der Waals surface area contributed by atoms with E-state index in [1.807, 2.05) is 27.8 Å². The van der Waals surface area contributed by atoms with Crippen molar-refractivity contribution >= 4 is 33.1 Å². The third kappa shape index (κ3) is 2.38. The molecule has 2 aromatic heterocycles. The van der Waals surface area contributed by atoms with Crippen molar-refractivity contribution in [1.29, 1.82) is 0 Å². The number of amides is 1. The van der Waals surface area contributed by atoms with E-state index in [1.165, 1.54) is 11.3 Å². The van der Waals surface area contributed by atoms with Crippen LogP contribution in [0.1, 0.15) is 29.2 Å². The van der Waals surface area contributed by atoms with Crippen LogP contribution in [0.2, 0.25) is 0 Å². The Hall–Kier alpha value is -1.60. The second-order valence-corrected chi connectivity index (χ2v) is 6.24. The molecule has 0 aliphatic rings. The fraction of sp³-hybridized carbons (Fsp3) is 0.538. The van der Waals surface area contributed by atoms with E-state index in [1.54, 1.807) is 4.68 Å². The number of hydrogen-bond acceptors (Lipinski definition) is 5. The summed E-state index contributed by atoms with van der Waals surface area (Å²) in [6.45, 7) is 5.68. The molecular formula is C13H20N4O2S. The average molecular weight is 296 g/mol. The number of aliphatic hydroxyl groups is 1. The molecule has 110 valence electrons. The van der Waals surface area contributed by atoms with Gasteiger partial charge in [-0.3, -0.25) is 9.48 Å². The average Bonchev–Trinajstić information content (AvgIpc) is 2.85. The van der Waals surface area contributed by atoms with Gasteiger partial charge in [0.1, 0.15) is 9.71 Å². The molecule has 0 aliphatic heterocycles. The second-order valence-electron chi connectivity index (χ2n) is 5.24. The summed E-state index contributed by atoms with van der Waals surface area (Å²) in [6, 6.07) is -0.272. The number of hydrogen-bond donors (Lipinski definition) is 3. The molecular weight excluding hydrogens is 276 g/mol. The van der Waals surface area contributed by atoms with Gasteiger partial charge in [-0.2, -0.15) is 5.10 Å². The summed E-state index contributed by atoms with van der Waals surface area (Å²) in [5.74, 6) is -0.0844. The smallest absolute Gasteiger partial charge is 0.263 e. The van der Waals surface area contributed by atoms with Crippen LogP contribution in [0.4, 0.5) is 5.69 Å². The number of nitrogens with zero attached hydrogens (tertiary/aromatic N) is 2. The largest absolute Gasteiger partial charge is 0.397 e. The first kappa shape index (κ1) is 14.8. The zero-order chi connectivity index (χ0) is 15.0. The van der Waals surface area contributed by atoms with Crippen LogP contribution in [0, 0.1) is 12.8 Å². The Morgan fingerprint density at radius 3 is 2.70 bits per heavy atom. The van der Waals surface area contributed by atoms with Gasteiger partial charge >= 0.3 is 0 Å². The van der Waals surface area contributed by atoms with Gasteiger partial charge in [-0.15, -0.1) is 11.3 Å². The fourth-order valence-electron chi connectivity index (χ4n) is 2.16. The molecule has 0 spiro atoms. The van der Waals surface area contributed by atoms with Gasteiger partial charge in [-0.25, -0.2) is 0 Å². The summed E-state index contributed by atoms with van der Waals surface area (Å²) in [7, 11) is 1.83. The molecule has 1 amide bonds. The lowest BCUT2D eigenvalue weighted by molar-refractivity contribution is 0.0902. The Bertz CT molecular complexity index is 644. The molecule has 6 nitrogen and oxygen atoms in total. The van der Waals surface area contributed by atoms with Crippen molar-refractivity contribution < 1.29 is 9.90 Å². The maximum absolute atomic E-state index is 12.3. The van der Waals surface area contributed by atoms with E-state index in [-0.39, 0.29) is 24.5 Å². The minimum absolute atomic E-state index is 0.0885. The van der Waals surface area contributed by atoms with Gasteiger partial charge in [-0.1, -0.05) is 13.8 Å². The Kier molecular flexibility index (Phi) is 4.01. The van der Waals surface area contributed by atoms with Crippen molar-refractivity contribution in [2.24, 2.45) is 13.0 Å². The normalized spacial score (nSPS) is 13.1. The Labute approximate surface area is 121 Å². The third-order valence-corrected chi connectivity index (χ3v) is 4.68. The molecule has 0 radical (unpaired) electrons. The Morgan fingerprint density at radius 1 is 1.55 bits per heavy atom. The second kappa shape index (κ2) is 5.41. The van der Waals surface area contributed by atoms with Gasteiger partial charge in [0.25, 0.3) is 5.91 Å². The number of carbonyl (C=O) groups excluding carboxylic acids is 1. The Balaban J connectivity index is 2.36. The zero-order valence-corrected chi connectivity index (χ0v) is 12.9. The van der Waals surface area contributed by atoms with E-state index >= 15 is 0 Å². The Morgan fingerprint density at radius 2 is 2.20 bits per heavy atom. The maximum atomic E-state index is 12.3. The minimum Gasteiger partial charge on any atom is -0.397 e. The van der Waals surface area contributed by atoms with Crippen LogP contribution in [0.5, 0.6) is 0 Å². The lowest BCUT2D eigenvalue weighted by Gasteiger charge is -2.19. The SMILES string of the molecule is Cc1nn(C)c2sc(C(=O)NC(CO)C(C)C)c(N)c12. The topological polar surface area (TPSA) is 93.2 Å². The van der Waals surface area contributed by atoms with E-state index in [0.29, 0.717) is 10.6 Å². The number of nitrogen functional groups attached to an aromatic ring is 1. The molecule has 7 heteroatoms. The number of carbonyl (C=O) groups is 1. The van der Waals surface area contributed by atoms with Gasteiger partial charge in [0.2, 0.25) is 0 Å². The number of nitrogens with two attached hydrogens (primary N) is 1. The van der Waals surface area contributed by atoms with Crippen molar-refractivity contribution in [1.82, 2.24) is 15.1 Å². The predicted octanol–water partition coefficient (Wildman–Crippen LogP) is 1.27. The van der Waals surface area contributed by atoms with Crippen LogP contribution >= 0.6 is 11.3 Å². The first-order valence-electron chi connectivity index (χ1n) is 6.50. The fourth-order valence-corrected chi connectivity index (χ4v) is 3.24. The zero-order valence-electron chi connectivity index (χ0n) is 12.1. The molecule has 0 aliphatic carbocycles. The lowest BCUT2D eigenvalue weighted by atomic mass is 10.1. The molecule has 0 saturated heterocycles. The van der Waals surface area contributed by atoms with Crippen molar-refractivity contribution in [3.8, 4) is 0 Å². The molecule has 20 heavy (non-hydrogen) atoms. The highest BCUT2D eigenvalue weighted by molar-refractivity contribution is 7.21. The summed E-state index contributed by atoms with van der Waals surface area (Å²) in [6.07, 6.45) is 0. The quantitative estimate of drug-likeness (QED) is 0.792. The number of anilines is 1. The molecule has 4 N–H and O–H groups in total. The van der Waals surface area contributed by atoms with Crippen LogP contribution < -0.4 is 11.1 Å². The van der Waals surface area contributed by atoms with E-state index in [4.69, 9.17) is 5.73 Å². The summed E-state index contributed by atoms with van der Waals surface area (Å²) < 4.78 is 1.73. The molecule has 0 bridgehead atoms. The highest BCUT2D eigenvalue weighted by atomic mass is 32.1. The van der Waals surface area contributed by atoms with Gasteiger partial charge in [0.15, 0.2) is 0 Å². The third-order valence-electron chi connectivity index (χ3n) is 3.41. The van der Waals surface area contributed by atoms with Crippen molar-refractivity contribution in [2.75, 3.05) is 12.3 Å². The molecule has 2 heterocycles. The number of fused-ring (bicyclic) bond motifs is 1.